The van der Waals surface area contributed by atoms with Crippen molar-refractivity contribution < 1.29 is 4.79 Å². The van der Waals surface area contributed by atoms with Crippen LogP contribution in [0.1, 0.15) is 15.9 Å². The van der Waals surface area contributed by atoms with Crippen LogP contribution in [-0.2, 0) is 0 Å². The van der Waals surface area contributed by atoms with Crippen molar-refractivity contribution in [1.29, 1.82) is 0 Å². The molecule has 5 rings (SSSR count). The van der Waals surface area contributed by atoms with Crippen molar-refractivity contribution in [3.8, 4) is 22.4 Å². The van der Waals surface area contributed by atoms with Crippen molar-refractivity contribution in [3.05, 3.63) is 89.6 Å². The molecule has 7 nitrogen and oxygen atoms in total. The SMILES string of the molecule is Cc1ccnc(NC(=O)c2ccc(-c3cnc4ccc(-c5cn[nH]c5)cn34)cc2Cl)c1. The van der Waals surface area contributed by atoms with Gasteiger partial charge in [-0.15, -0.1) is 0 Å². The maximum Gasteiger partial charge on any atom is 0.258 e. The molecular formula is C23H17ClN6O. The lowest BCUT2D eigenvalue weighted by molar-refractivity contribution is 0.102. The number of fused-ring (bicyclic) bond motifs is 1. The van der Waals surface area contributed by atoms with E-state index in [9.17, 15) is 4.79 Å². The average molecular weight is 429 g/mol. The number of rotatable bonds is 4. The van der Waals surface area contributed by atoms with Crippen LogP contribution in [0.5, 0.6) is 0 Å². The first-order valence-electron chi connectivity index (χ1n) is 9.59. The van der Waals surface area contributed by atoms with Crippen LogP contribution in [0.2, 0.25) is 5.02 Å². The summed E-state index contributed by atoms with van der Waals surface area (Å²) in [6, 6.07) is 13.0. The van der Waals surface area contributed by atoms with Gasteiger partial charge in [-0.3, -0.25) is 14.3 Å². The molecular weight excluding hydrogens is 412 g/mol. The number of carbonyl (C=O) groups is 1. The topological polar surface area (TPSA) is 88.0 Å². The fraction of sp³-hybridized carbons (Fsp3) is 0.0435. The molecule has 1 aromatic carbocycles. The minimum atomic E-state index is -0.310. The van der Waals surface area contributed by atoms with Crippen LogP contribution in [0, 0.1) is 6.92 Å². The predicted molar refractivity (Wildman–Crippen MR) is 120 cm³/mol. The number of aromatic nitrogens is 5. The van der Waals surface area contributed by atoms with Gasteiger partial charge in [-0.05, 0) is 48.9 Å². The molecule has 2 N–H and O–H groups in total. The molecule has 0 aliphatic heterocycles. The van der Waals surface area contributed by atoms with E-state index in [1.54, 1.807) is 36.8 Å². The Hall–Kier alpha value is -3.97. The van der Waals surface area contributed by atoms with Gasteiger partial charge in [0, 0.05) is 35.3 Å². The lowest BCUT2D eigenvalue weighted by atomic mass is 10.1. The zero-order chi connectivity index (χ0) is 21.4. The van der Waals surface area contributed by atoms with Crippen LogP contribution >= 0.6 is 11.6 Å². The molecule has 0 fully saturated rings. The average Bonchev–Trinajstić information content (AvgIpc) is 3.43. The summed E-state index contributed by atoms with van der Waals surface area (Å²) in [5, 5.41) is 9.97. The smallest absolute Gasteiger partial charge is 0.258 e. The highest BCUT2D eigenvalue weighted by atomic mass is 35.5. The summed E-state index contributed by atoms with van der Waals surface area (Å²) in [4.78, 5) is 21.3. The van der Waals surface area contributed by atoms with E-state index in [1.807, 2.05) is 48.0 Å². The number of nitrogens with zero attached hydrogens (tertiary/aromatic N) is 4. The number of benzene rings is 1. The second-order valence-electron chi connectivity index (χ2n) is 7.14. The molecule has 0 spiro atoms. The van der Waals surface area contributed by atoms with Crippen LogP contribution in [0.15, 0.2) is 73.4 Å². The fourth-order valence-corrected chi connectivity index (χ4v) is 3.69. The van der Waals surface area contributed by atoms with E-state index in [1.165, 1.54) is 0 Å². The van der Waals surface area contributed by atoms with E-state index < -0.39 is 0 Å². The lowest BCUT2D eigenvalue weighted by Crippen LogP contribution is -2.13. The Morgan fingerprint density at radius 1 is 1.03 bits per heavy atom. The van der Waals surface area contributed by atoms with E-state index in [4.69, 9.17) is 11.6 Å². The van der Waals surface area contributed by atoms with Gasteiger partial charge >= 0.3 is 0 Å². The molecule has 5 aromatic rings. The number of hydrogen-bond donors (Lipinski definition) is 2. The van der Waals surface area contributed by atoms with Crippen molar-refractivity contribution in [2.75, 3.05) is 5.32 Å². The number of H-pyrrole nitrogens is 1. The van der Waals surface area contributed by atoms with E-state index in [0.717, 1.165) is 33.6 Å². The second kappa shape index (κ2) is 7.70. The molecule has 152 valence electrons. The minimum absolute atomic E-state index is 0.310. The summed E-state index contributed by atoms with van der Waals surface area (Å²) < 4.78 is 1.99. The highest BCUT2D eigenvalue weighted by Gasteiger charge is 2.14. The molecule has 8 heteroatoms. The largest absolute Gasteiger partial charge is 0.307 e. The van der Waals surface area contributed by atoms with Crippen molar-refractivity contribution >= 4 is 29.0 Å². The molecule has 0 aliphatic carbocycles. The summed E-state index contributed by atoms with van der Waals surface area (Å²) in [7, 11) is 0. The first-order valence-corrected chi connectivity index (χ1v) is 9.96. The summed E-state index contributed by atoms with van der Waals surface area (Å²) in [5.74, 6) is 0.175. The van der Waals surface area contributed by atoms with Gasteiger partial charge in [0.15, 0.2) is 0 Å². The Balaban J connectivity index is 1.48. The molecule has 1 amide bonds. The lowest BCUT2D eigenvalue weighted by Gasteiger charge is -2.09. The number of halogens is 1. The maximum absolute atomic E-state index is 12.7. The Bertz CT molecular complexity index is 1410. The molecule has 0 atom stereocenters. The van der Waals surface area contributed by atoms with E-state index in [2.05, 4.69) is 25.5 Å². The zero-order valence-electron chi connectivity index (χ0n) is 16.5. The van der Waals surface area contributed by atoms with Gasteiger partial charge in [-0.25, -0.2) is 9.97 Å². The standard InChI is InChI=1S/C23H17ClN6O/c1-14-6-7-25-21(8-14)29-23(31)18-4-2-15(9-19(18)24)20-12-26-22-5-3-16(13-30(20)22)17-10-27-28-11-17/h2-13H,1H3,(H,27,28)(H,25,29,31). The Labute approximate surface area is 182 Å². The second-order valence-corrected chi connectivity index (χ2v) is 7.55. The third-order valence-electron chi connectivity index (χ3n) is 5.00. The van der Waals surface area contributed by atoms with E-state index in [0.29, 0.717) is 16.4 Å². The fourth-order valence-electron chi connectivity index (χ4n) is 3.42. The van der Waals surface area contributed by atoms with Gasteiger partial charge in [0.05, 0.1) is 28.7 Å². The predicted octanol–water partition coefficient (Wildman–Crippen LogP) is 5.00. The van der Waals surface area contributed by atoms with Crippen molar-refractivity contribution in [1.82, 2.24) is 24.6 Å². The zero-order valence-corrected chi connectivity index (χ0v) is 17.3. The van der Waals surface area contributed by atoms with Crippen LogP contribution in [-0.4, -0.2) is 30.5 Å². The Morgan fingerprint density at radius 3 is 2.68 bits per heavy atom. The van der Waals surface area contributed by atoms with Gasteiger partial charge in [0.2, 0.25) is 0 Å². The number of aryl methyl sites for hydroxylation is 1. The van der Waals surface area contributed by atoms with Crippen molar-refractivity contribution in [3.63, 3.8) is 0 Å². The number of aromatic amines is 1. The minimum Gasteiger partial charge on any atom is -0.307 e. The molecule has 0 bridgehead atoms. The van der Waals surface area contributed by atoms with E-state index >= 15 is 0 Å². The number of carbonyl (C=O) groups excluding carboxylic acids is 1. The quantitative estimate of drug-likeness (QED) is 0.421. The van der Waals surface area contributed by atoms with Gasteiger partial charge in [-0.1, -0.05) is 17.7 Å². The Kier molecular flexibility index (Phi) is 4.72. The monoisotopic (exact) mass is 428 g/mol. The van der Waals surface area contributed by atoms with Crippen LogP contribution in [0.3, 0.4) is 0 Å². The third-order valence-corrected chi connectivity index (χ3v) is 5.32. The number of imidazole rings is 1. The molecule has 0 saturated carbocycles. The first-order chi connectivity index (χ1) is 15.1. The number of nitrogens with one attached hydrogen (secondary N) is 2. The molecule has 0 saturated heterocycles. The van der Waals surface area contributed by atoms with Crippen LogP contribution in [0.4, 0.5) is 5.82 Å². The van der Waals surface area contributed by atoms with Crippen molar-refractivity contribution in [2.45, 2.75) is 6.92 Å². The van der Waals surface area contributed by atoms with Gasteiger partial charge in [0.25, 0.3) is 5.91 Å². The van der Waals surface area contributed by atoms with Crippen molar-refractivity contribution in [2.24, 2.45) is 0 Å². The van der Waals surface area contributed by atoms with E-state index in [-0.39, 0.29) is 5.91 Å². The summed E-state index contributed by atoms with van der Waals surface area (Å²) in [6.07, 6.45) is 9.05. The highest BCUT2D eigenvalue weighted by Crippen LogP contribution is 2.28. The number of amides is 1. The molecule has 0 radical (unpaired) electrons. The maximum atomic E-state index is 12.7. The molecule has 4 heterocycles. The normalized spacial score (nSPS) is 11.0. The summed E-state index contributed by atoms with van der Waals surface area (Å²) in [6.45, 7) is 1.94. The molecule has 31 heavy (non-hydrogen) atoms. The highest BCUT2D eigenvalue weighted by molar-refractivity contribution is 6.34. The van der Waals surface area contributed by atoms with Crippen LogP contribution < -0.4 is 5.32 Å². The Morgan fingerprint density at radius 2 is 1.90 bits per heavy atom. The molecule has 0 unspecified atom stereocenters. The third kappa shape index (κ3) is 3.67. The molecule has 4 aromatic heterocycles. The number of pyridine rings is 2. The number of hydrogen-bond acceptors (Lipinski definition) is 4. The van der Waals surface area contributed by atoms with Gasteiger partial charge < -0.3 is 5.32 Å². The number of anilines is 1. The summed E-state index contributed by atoms with van der Waals surface area (Å²) in [5.41, 5.74) is 5.91. The van der Waals surface area contributed by atoms with Gasteiger partial charge in [0.1, 0.15) is 11.5 Å². The molecule has 0 aliphatic rings. The van der Waals surface area contributed by atoms with Gasteiger partial charge in [-0.2, -0.15) is 5.10 Å². The first kappa shape index (κ1) is 19.0. The van der Waals surface area contributed by atoms with Crippen LogP contribution in [0.25, 0.3) is 28.0 Å². The summed E-state index contributed by atoms with van der Waals surface area (Å²) >= 11 is 6.48.